The highest BCUT2D eigenvalue weighted by molar-refractivity contribution is 9.11. The molecule has 7 heteroatoms. The molecular formula is C23H22BrN3OS2. The highest BCUT2D eigenvalue weighted by Crippen LogP contribution is 2.44. The Hall–Kier alpha value is -1.96. The quantitative estimate of drug-likeness (QED) is 0.410. The number of thiophene rings is 1. The van der Waals surface area contributed by atoms with E-state index >= 15 is 0 Å². The zero-order valence-electron chi connectivity index (χ0n) is 16.3. The first-order valence-electron chi connectivity index (χ1n) is 10.2. The van der Waals surface area contributed by atoms with Crippen LogP contribution in [0, 0.1) is 0 Å². The van der Waals surface area contributed by atoms with E-state index in [4.69, 9.17) is 17.0 Å². The summed E-state index contributed by atoms with van der Waals surface area (Å²) < 4.78 is 7.25. The molecule has 1 saturated carbocycles. The van der Waals surface area contributed by atoms with Crippen LogP contribution in [0.3, 0.4) is 0 Å². The van der Waals surface area contributed by atoms with Crippen molar-refractivity contribution in [3.05, 3.63) is 75.2 Å². The SMILES string of the molecule is S=C1NC(c2ccccn2)C(c2ccc(Br)s2)N1c1ccc(OC2CCCC2)cc1. The van der Waals surface area contributed by atoms with Crippen LogP contribution in [0.5, 0.6) is 5.75 Å². The molecular weight excluding hydrogens is 478 g/mol. The van der Waals surface area contributed by atoms with Crippen LogP contribution in [0.4, 0.5) is 5.69 Å². The molecule has 1 aliphatic carbocycles. The van der Waals surface area contributed by atoms with Gasteiger partial charge in [-0.2, -0.15) is 0 Å². The Labute approximate surface area is 194 Å². The summed E-state index contributed by atoms with van der Waals surface area (Å²) in [4.78, 5) is 8.03. The van der Waals surface area contributed by atoms with Gasteiger partial charge < -0.3 is 15.0 Å². The topological polar surface area (TPSA) is 37.4 Å². The Morgan fingerprint density at radius 3 is 2.53 bits per heavy atom. The van der Waals surface area contributed by atoms with Crippen LogP contribution in [0.2, 0.25) is 0 Å². The Bertz CT molecular complexity index is 1020. The Morgan fingerprint density at radius 2 is 1.87 bits per heavy atom. The highest BCUT2D eigenvalue weighted by atomic mass is 79.9. The van der Waals surface area contributed by atoms with Crippen molar-refractivity contribution in [2.24, 2.45) is 0 Å². The molecule has 4 nitrogen and oxygen atoms in total. The summed E-state index contributed by atoms with van der Waals surface area (Å²) >= 11 is 11.1. The Balaban J connectivity index is 1.46. The molecule has 1 aromatic carbocycles. The number of nitrogens with one attached hydrogen (secondary N) is 1. The molecule has 1 saturated heterocycles. The largest absolute Gasteiger partial charge is 0.490 e. The first-order valence-corrected chi connectivity index (χ1v) is 12.2. The van der Waals surface area contributed by atoms with E-state index in [2.05, 4.69) is 73.6 Å². The van der Waals surface area contributed by atoms with Crippen molar-refractivity contribution in [2.75, 3.05) is 4.90 Å². The predicted octanol–water partition coefficient (Wildman–Crippen LogP) is 6.40. The minimum absolute atomic E-state index is 0.0151. The Kier molecular flexibility index (Phi) is 5.76. The number of rotatable bonds is 5. The van der Waals surface area contributed by atoms with Crippen LogP contribution in [0.1, 0.15) is 48.3 Å². The average Bonchev–Trinajstić information content (AvgIpc) is 3.50. The summed E-state index contributed by atoms with van der Waals surface area (Å²) in [6.45, 7) is 0. The van der Waals surface area contributed by atoms with Gasteiger partial charge in [0, 0.05) is 16.8 Å². The fourth-order valence-corrected chi connectivity index (χ4v) is 6.19. The van der Waals surface area contributed by atoms with E-state index in [1.165, 1.54) is 17.7 Å². The zero-order chi connectivity index (χ0) is 20.5. The lowest BCUT2D eigenvalue weighted by Gasteiger charge is -2.27. The molecule has 1 aliphatic heterocycles. The second-order valence-corrected chi connectivity index (χ2v) is 10.5. The summed E-state index contributed by atoms with van der Waals surface area (Å²) in [5, 5.41) is 4.22. The van der Waals surface area contributed by atoms with Gasteiger partial charge in [-0.25, -0.2) is 0 Å². The molecule has 0 radical (unpaired) electrons. The van der Waals surface area contributed by atoms with E-state index < -0.39 is 0 Å². The molecule has 2 atom stereocenters. The monoisotopic (exact) mass is 499 g/mol. The van der Waals surface area contributed by atoms with Crippen molar-refractivity contribution in [3.8, 4) is 5.75 Å². The van der Waals surface area contributed by atoms with Gasteiger partial charge >= 0.3 is 0 Å². The molecule has 30 heavy (non-hydrogen) atoms. The molecule has 0 spiro atoms. The second kappa shape index (κ2) is 8.65. The number of anilines is 1. The van der Waals surface area contributed by atoms with E-state index in [-0.39, 0.29) is 12.1 Å². The van der Waals surface area contributed by atoms with Crippen molar-refractivity contribution in [1.82, 2.24) is 10.3 Å². The summed E-state index contributed by atoms with van der Waals surface area (Å²) in [6.07, 6.45) is 7.04. The third-order valence-electron chi connectivity index (χ3n) is 5.70. The van der Waals surface area contributed by atoms with Gasteiger partial charge in [0.2, 0.25) is 0 Å². The molecule has 154 valence electrons. The molecule has 2 fully saturated rings. The summed E-state index contributed by atoms with van der Waals surface area (Å²) in [5.74, 6) is 0.931. The lowest BCUT2D eigenvalue weighted by Crippen LogP contribution is -2.29. The molecule has 0 amide bonds. The lowest BCUT2D eigenvalue weighted by atomic mass is 10.0. The fourth-order valence-electron chi connectivity index (χ4n) is 4.29. The average molecular weight is 500 g/mol. The van der Waals surface area contributed by atoms with Gasteiger partial charge in [-0.05, 0) is 102 Å². The smallest absolute Gasteiger partial charge is 0.174 e. The van der Waals surface area contributed by atoms with Crippen LogP contribution in [0.25, 0.3) is 0 Å². The van der Waals surface area contributed by atoms with Crippen LogP contribution in [-0.2, 0) is 0 Å². The summed E-state index contributed by atoms with van der Waals surface area (Å²) in [7, 11) is 0. The van der Waals surface area contributed by atoms with Gasteiger partial charge in [-0.15, -0.1) is 11.3 Å². The fraction of sp³-hybridized carbons (Fsp3) is 0.304. The molecule has 2 aromatic heterocycles. The maximum atomic E-state index is 6.14. The molecule has 1 N–H and O–H groups in total. The highest BCUT2D eigenvalue weighted by Gasteiger charge is 2.41. The summed E-state index contributed by atoms with van der Waals surface area (Å²) in [6, 6.07) is 18.6. The van der Waals surface area contributed by atoms with E-state index in [1.807, 2.05) is 18.3 Å². The zero-order valence-corrected chi connectivity index (χ0v) is 19.6. The molecule has 3 heterocycles. The standard InChI is InChI=1S/C23H22BrN3OS2/c24-20-13-12-19(30-20)22-21(18-7-3-4-14-25-18)26-23(29)27(22)15-8-10-17(11-9-15)28-16-5-1-2-6-16/h3-4,7-14,16,21-22H,1-2,5-6H2,(H,26,29). The minimum atomic E-state index is -0.0151. The van der Waals surface area contributed by atoms with E-state index in [9.17, 15) is 0 Å². The molecule has 3 aromatic rings. The van der Waals surface area contributed by atoms with Crippen molar-refractivity contribution in [3.63, 3.8) is 0 Å². The minimum Gasteiger partial charge on any atom is -0.490 e. The third kappa shape index (κ3) is 3.98. The maximum absolute atomic E-state index is 6.14. The van der Waals surface area contributed by atoms with E-state index in [1.54, 1.807) is 11.3 Å². The number of halogens is 1. The van der Waals surface area contributed by atoms with Gasteiger partial charge in [-0.3, -0.25) is 4.98 Å². The Morgan fingerprint density at radius 1 is 1.07 bits per heavy atom. The number of aromatic nitrogens is 1. The van der Waals surface area contributed by atoms with E-state index in [0.29, 0.717) is 11.2 Å². The van der Waals surface area contributed by atoms with Crippen molar-refractivity contribution in [1.29, 1.82) is 0 Å². The maximum Gasteiger partial charge on any atom is 0.174 e. The number of thiocarbonyl (C=S) groups is 1. The lowest BCUT2D eigenvalue weighted by molar-refractivity contribution is 0.210. The van der Waals surface area contributed by atoms with Crippen molar-refractivity contribution < 1.29 is 4.74 Å². The number of hydrogen-bond acceptors (Lipinski definition) is 4. The number of benzene rings is 1. The van der Waals surface area contributed by atoms with Gasteiger partial charge in [0.25, 0.3) is 0 Å². The normalized spacial score (nSPS) is 21.8. The summed E-state index contributed by atoms with van der Waals surface area (Å²) in [5.41, 5.74) is 2.04. The van der Waals surface area contributed by atoms with Crippen LogP contribution in [0.15, 0.2) is 64.6 Å². The molecule has 2 unspecified atom stereocenters. The van der Waals surface area contributed by atoms with Crippen molar-refractivity contribution in [2.45, 2.75) is 43.9 Å². The second-order valence-electron chi connectivity index (χ2n) is 7.66. The molecule has 2 aliphatic rings. The van der Waals surface area contributed by atoms with Gasteiger partial charge in [-0.1, -0.05) is 6.07 Å². The van der Waals surface area contributed by atoms with Crippen molar-refractivity contribution >= 4 is 50.3 Å². The van der Waals surface area contributed by atoms with E-state index in [0.717, 1.165) is 33.8 Å². The van der Waals surface area contributed by atoms with Gasteiger partial charge in [0.05, 0.1) is 27.7 Å². The van der Waals surface area contributed by atoms with Crippen LogP contribution < -0.4 is 15.0 Å². The number of hydrogen-bond donors (Lipinski definition) is 1. The van der Waals surface area contributed by atoms with Gasteiger partial charge in [0.1, 0.15) is 5.75 Å². The van der Waals surface area contributed by atoms with Gasteiger partial charge in [0.15, 0.2) is 5.11 Å². The first-order chi connectivity index (χ1) is 14.7. The molecule has 0 bridgehead atoms. The molecule has 5 rings (SSSR count). The van der Waals surface area contributed by atoms with Crippen LogP contribution >= 0.6 is 39.5 Å². The number of ether oxygens (including phenoxy) is 1. The first kappa shape index (κ1) is 20.0. The predicted molar refractivity (Wildman–Crippen MR) is 129 cm³/mol. The number of nitrogens with zero attached hydrogens (tertiary/aromatic N) is 2. The third-order valence-corrected chi connectivity index (χ3v) is 7.71. The number of pyridine rings is 1. The van der Waals surface area contributed by atoms with Crippen LogP contribution in [-0.4, -0.2) is 16.2 Å².